The minimum atomic E-state index is 0. The van der Waals surface area contributed by atoms with Gasteiger partial charge in [0.2, 0.25) is 0 Å². The zero-order chi connectivity index (χ0) is 18.2. The Kier molecular flexibility index (Phi) is 9.36. The van der Waals surface area contributed by atoms with Crippen LogP contribution in [-0.2, 0) is 11.3 Å². The van der Waals surface area contributed by atoms with Crippen LogP contribution in [0, 0.1) is 0 Å². The molecule has 0 spiro atoms. The summed E-state index contributed by atoms with van der Waals surface area (Å²) < 4.78 is 5.41. The van der Waals surface area contributed by atoms with Gasteiger partial charge in [0.25, 0.3) is 0 Å². The van der Waals surface area contributed by atoms with Gasteiger partial charge in [-0.25, -0.2) is 0 Å². The lowest BCUT2D eigenvalue weighted by Crippen LogP contribution is -2.38. The molecule has 1 aromatic carbocycles. The second kappa shape index (κ2) is 11.5. The number of hydrogen-bond acceptors (Lipinski definition) is 4. The van der Waals surface area contributed by atoms with Crippen molar-refractivity contribution in [2.75, 3.05) is 44.8 Å². The summed E-state index contributed by atoms with van der Waals surface area (Å²) in [5.41, 5.74) is 3.89. The predicted molar refractivity (Wildman–Crippen MR) is 126 cm³/mol. The maximum absolute atomic E-state index is 5.41. The lowest BCUT2D eigenvalue weighted by atomic mass is 10.1. The van der Waals surface area contributed by atoms with E-state index in [1.807, 2.05) is 7.05 Å². The van der Waals surface area contributed by atoms with Crippen LogP contribution in [0.3, 0.4) is 0 Å². The number of hydrogen-bond donors (Lipinski definition) is 2. The van der Waals surface area contributed by atoms with Crippen molar-refractivity contribution in [1.82, 2.24) is 10.6 Å². The van der Waals surface area contributed by atoms with E-state index in [4.69, 9.17) is 4.74 Å². The molecule has 0 aliphatic carbocycles. The molecule has 1 aliphatic heterocycles. The molecular weight excluding hydrogens is 471 g/mol. The molecule has 1 unspecified atom stereocenters. The van der Waals surface area contributed by atoms with E-state index in [-0.39, 0.29) is 24.0 Å². The quantitative estimate of drug-likeness (QED) is 0.361. The topological polar surface area (TPSA) is 48.9 Å². The summed E-state index contributed by atoms with van der Waals surface area (Å²) in [4.78, 5) is 6.69. The van der Waals surface area contributed by atoms with E-state index < -0.39 is 0 Å². The van der Waals surface area contributed by atoms with E-state index in [9.17, 15) is 0 Å². The zero-order valence-corrected chi connectivity index (χ0v) is 19.1. The third-order valence-electron chi connectivity index (χ3n) is 4.68. The summed E-state index contributed by atoms with van der Waals surface area (Å²) in [6.07, 6.45) is 0. The lowest BCUT2D eigenvalue weighted by molar-refractivity contribution is 0.122. The largest absolute Gasteiger partial charge is 0.378 e. The van der Waals surface area contributed by atoms with Gasteiger partial charge in [0, 0.05) is 38.9 Å². The van der Waals surface area contributed by atoms with E-state index in [0.717, 1.165) is 45.4 Å². The van der Waals surface area contributed by atoms with Crippen molar-refractivity contribution in [2.45, 2.75) is 19.4 Å². The Morgan fingerprint density at radius 3 is 2.56 bits per heavy atom. The molecule has 2 aromatic rings. The number of ether oxygens (including phenoxy) is 1. The van der Waals surface area contributed by atoms with Gasteiger partial charge in [-0.2, -0.15) is 11.3 Å². The molecule has 1 fully saturated rings. The number of nitrogens with one attached hydrogen (secondary N) is 2. The summed E-state index contributed by atoms with van der Waals surface area (Å²) in [5, 5.41) is 11.1. The molecule has 5 nitrogen and oxygen atoms in total. The highest BCUT2D eigenvalue weighted by Gasteiger charge is 2.11. The minimum absolute atomic E-state index is 0. The lowest BCUT2D eigenvalue weighted by Gasteiger charge is -2.29. The first-order valence-electron chi connectivity index (χ1n) is 9.14. The molecule has 0 amide bonds. The van der Waals surface area contributed by atoms with Crippen molar-refractivity contribution < 1.29 is 4.74 Å². The molecule has 148 valence electrons. The van der Waals surface area contributed by atoms with E-state index in [1.54, 1.807) is 11.3 Å². The van der Waals surface area contributed by atoms with Crippen molar-refractivity contribution in [2.24, 2.45) is 4.99 Å². The molecule has 2 N–H and O–H groups in total. The third kappa shape index (κ3) is 6.65. The number of guanidine groups is 1. The molecule has 0 bridgehead atoms. The Bertz CT molecular complexity index is 685. The van der Waals surface area contributed by atoms with Gasteiger partial charge in [-0.05, 0) is 46.0 Å². The van der Waals surface area contributed by atoms with Crippen molar-refractivity contribution in [3.8, 4) is 0 Å². The number of thiophene rings is 1. The summed E-state index contributed by atoms with van der Waals surface area (Å²) in [7, 11) is 1.81. The van der Waals surface area contributed by atoms with Crippen molar-refractivity contribution >= 4 is 47.0 Å². The smallest absolute Gasteiger partial charge is 0.191 e. The van der Waals surface area contributed by atoms with Gasteiger partial charge in [-0.15, -0.1) is 24.0 Å². The van der Waals surface area contributed by atoms with Gasteiger partial charge in [0.1, 0.15) is 0 Å². The Balaban J connectivity index is 0.00000261. The van der Waals surface area contributed by atoms with Crippen molar-refractivity contribution in [1.29, 1.82) is 0 Å². The first-order chi connectivity index (χ1) is 12.8. The molecule has 27 heavy (non-hydrogen) atoms. The summed E-state index contributed by atoms with van der Waals surface area (Å²) >= 11 is 1.74. The van der Waals surface area contributed by atoms with Crippen LogP contribution in [-0.4, -0.2) is 45.9 Å². The molecule has 0 saturated carbocycles. The fourth-order valence-corrected chi connectivity index (χ4v) is 3.76. The van der Waals surface area contributed by atoms with Gasteiger partial charge >= 0.3 is 0 Å². The van der Waals surface area contributed by atoms with Gasteiger partial charge in [-0.3, -0.25) is 4.99 Å². The summed E-state index contributed by atoms with van der Waals surface area (Å²) in [5.74, 6) is 1.30. The second-order valence-electron chi connectivity index (χ2n) is 6.53. The first kappa shape index (κ1) is 22.0. The maximum atomic E-state index is 5.41. The van der Waals surface area contributed by atoms with E-state index in [1.165, 1.54) is 16.8 Å². The van der Waals surface area contributed by atoms with Crippen molar-refractivity contribution in [3.63, 3.8) is 0 Å². The molecule has 7 heteroatoms. The van der Waals surface area contributed by atoms with Crippen LogP contribution in [0.1, 0.15) is 24.0 Å². The Hall–Kier alpha value is -1.32. The highest BCUT2D eigenvalue weighted by atomic mass is 127. The average molecular weight is 500 g/mol. The fourth-order valence-electron chi connectivity index (χ4n) is 2.98. The van der Waals surface area contributed by atoms with Crippen LogP contribution >= 0.6 is 35.3 Å². The molecule has 1 aromatic heterocycles. The summed E-state index contributed by atoms with van der Waals surface area (Å²) in [6, 6.07) is 10.9. The highest BCUT2D eigenvalue weighted by Crippen LogP contribution is 2.18. The molecule has 2 heterocycles. The SMILES string of the molecule is CN=C(NCc1ccc(N2CCOCC2)cc1)NCC(C)c1ccsc1.I. The highest BCUT2D eigenvalue weighted by molar-refractivity contribution is 14.0. The van der Waals surface area contributed by atoms with E-state index >= 15 is 0 Å². The number of morpholine rings is 1. The number of aliphatic imine (C=N–C) groups is 1. The normalized spacial score (nSPS) is 15.8. The zero-order valence-electron chi connectivity index (χ0n) is 16.0. The predicted octanol–water partition coefficient (Wildman–Crippen LogP) is 3.67. The molecule has 1 atom stereocenters. The Morgan fingerprint density at radius 2 is 1.93 bits per heavy atom. The number of anilines is 1. The standard InChI is InChI=1S/C20H28N4OS.HI/c1-16(18-7-12-26-15-18)13-22-20(21-2)23-14-17-3-5-19(6-4-17)24-8-10-25-11-9-24;/h3-7,12,15-16H,8-11,13-14H2,1-2H3,(H2,21,22,23);1H. The van der Waals surface area contributed by atoms with Crippen LogP contribution in [0.15, 0.2) is 46.1 Å². The van der Waals surface area contributed by atoms with Crippen LogP contribution in [0.2, 0.25) is 0 Å². The number of rotatable bonds is 6. The molecule has 1 saturated heterocycles. The maximum Gasteiger partial charge on any atom is 0.191 e. The molecule has 1 aliphatic rings. The van der Waals surface area contributed by atoms with Crippen LogP contribution in [0.4, 0.5) is 5.69 Å². The third-order valence-corrected chi connectivity index (χ3v) is 5.39. The van der Waals surface area contributed by atoms with Crippen LogP contribution in [0.5, 0.6) is 0 Å². The van der Waals surface area contributed by atoms with Gasteiger partial charge < -0.3 is 20.3 Å². The van der Waals surface area contributed by atoms with Gasteiger partial charge in [0.15, 0.2) is 5.96 Å². The number of benzene rings is 1. The van der Waals surface area contributed by atoms with E-state index in [2.05, 4.69) is 68.5 Å². The van der Waals surface area contributed by atoms with Gasteiger partial charge in [-0.1, -0.05) is 19.1 Å². The average Bonchev–Trinajstić information content (AvgIpc) is 3.24. The Morgan fingerprint density at radius 1 is 1.19 bits per heavy atom. The first-order valence-corrected chi connectivity index (χ1v) is 10.1. The minimum Gasteiger partial charge on any atom is -0.378 e. The number of halogens is 1. The monoisotopic (exact) mass is 500 g/mol. The van der Waals surface area contributed by atoms with Crippen molar-refractivity contribution in [3.05, 3.63) is 52.2 Å². The van der Waals surface area contributed by atoms with Crippen LogP contribution in [0.25, 0.3) is 0 Å². The Labute approximate surface area is 183 Å². The fraction of sp³-hybridized carbons (Fsp3) is 0.450. The van der Waals surface area contributed by atoms with E-state index in [0.29, 0.717) is 5.92 Å². The van der Waals surface area contributed by atoms with Gasteiger partial charge in [0.05, 0.1) is 13.2 Å². The number of nitrogens with zero attached hydrogens (tertiary/aromatic N) is 2. The molecular formula is C20H29IN4OS. The molecule has 3 rings (SSSR count). The molecule has 0 radical (unpaired) electrons. The second-order valence-corrected chi connectivity index (χ2v) is 7.31. The van der Waals surface area contributed by atoms with Crippen LogP contribution < -0.4 is 15.5 Å². The summed E-state index contributed by atoms with van der Waals surface area (Å²) in [6.45, 7) is 7.42.